The number of allylic oxidation sites excluding steroid dienone is 6. The van der Waals surface area contributed by atoms with Gasteiger partial charge in [0, 0.05) is 0 Å². The number of nitrogens with zero attached hydrogens (tertiary/aromatic N) is 2. The number of Topliss-reactive ketones (excluding diaryl/α,β-unsaturated/α-hetero) is 2. The van der Waals surface area contributed by atoms with Crippen LogP contribution in [0.15, 0.2) is 192 Å². The number of piperidine rings is 1. The van der Waals surface area contributed by atoms with Crippen molar-refractivity contribution in [3.8, 4) is 0 Å². The Morgan fingerprint density at radius 3 is 1.56 bits per heavy atom. The standard InChI is InChI=1S/C45H32N2O9S/c48-40-36(42(50)46(33-17-9-3-10-18-33)44(52)38(40)31-13-5-1-6-14-31)27-23-30(29-21-25-35(26-22-29)57(54,55)56)24-28-37-41(49)39(32-15-7-2-8-16-32)45(53)47(43(37)51)34-19-11-4-12-20-34/h1-28,38-39,50H,(H,54,55,56)/p-1. The largest absolute Gasteiger partial charge is 0.744 e. The van der Waals surface area contributed by atoms with Gasteiger partial charge in [0.25, 0.3) is 5.91 Å². The summed E-state index contributed by atoms with van der Waals surface area (Å²) in [5.74, 6) is -7.11. The maximum absolute atomic E-state index is 14.1. The van der Waals surface area contributed by atoms with Gasteiger partial charge in [-0.2, -0.15) is 0 Å². The van der Waals surface area contributed by atoms with E-state index >= 15 is 0 Å². The van der Waals surface area contributed by atoms with Gasteiger partial charge >= 0.3 is 0 Å². The lowest BCUT2D eigenvalue weighted by atomic mass is 9.84. The van der Waals surface area contributed by atoms with Gasteiger partial charge in [0.1, 0.15) is 22.0 Å². The molecule has 0 aliphatic carbocycles. The Bertz CT molecular complexity index is 2570. The third kappa shape index (κ3) is 7.55. The van der Waals surface area contributed by atoms with Crippen LogP contribution in [0.4, 0.5) is 11.4 Å². The average molecular weight is 776 g/mol. The summed E-state index contributed by atoms with van der Waals surface area (Å²) >= 11 is 0. The van der Waals surface area contributed by atoms with Crippen LogP contribution < -0.4 is 9.80 Å². The van der Waals surface area contributed by atoms with Crippen LogP contribution in [0.25, 0.3) is 5.57 Å². The molecular weight excluding hydrogens is 745 g/mol. The number of imide groups is 1. The van der Waals surface area contributed by atoms with E-state index in [1.165, 1.54) is 36.4 Å². The second-order valence-electron chi connectivity index (χ2n) is 13.0. The van der Waals surface area contributed by atoms with Gasteiger partial charge in [-0.1, -0.05) is 121 Å². The number of ketones is 2. The molecule has 282 valence electrons. The minimum atomic E-state index is -4.82. The first-order valence-electron chi connectivity index (χ1n) is 17.6. The molecule has 7 rings (SSSR count). The lowest BCUT2D eigenvalue weighted by Crippen LogP contribution is -2.50. The van der Waals surface area contributed by atoms with Crippen molar-refractivity contribution in [2.24, 2.45) is 0 Å². The van der Waals surface area contributed by atoms with Gasteiger partial charge in [0.15, 0.2) is 11.6 Å². The number of hydrogen-bond acceptors (Lipinski definition) is 9. The van der Waals surface area contributed by atoms with Crippen molar-refractivity contribution in [1.29, 1.82) is 0 Å². The van der Waals surface area contributed by atoms with E-state index in [0.29, 0.717) is 16.8 Å². The Kier molecular flexibility index (Phi) is 10.6. The van der Waals surface area contributed by atoms with E-state index in [0.717, 1.165) is 21.9 Å². The molecule has 2 heterocycles. The molecular formula is C45H31N2O9S-. The van der Waals surface area contributed by atoms with Crippen LogP contribution in [0.5, 0.6) is 0 Å². The molecule has 0 bridgehead atoms. The number of benzene rings is 5. The molecule has 0 radical (unpaired) electrons. The lowest BCUT2D eigenvalue weighted by Gasteiger charge is -2.31. The van der Waals surface area contributed by atoms with Crippen molar-refractivity contribution in [1.82, 2.24) is 0 Å². The number of carbonyl (C=O) groups excluding carboxylic acids is 5. The van der Waals surface area contributed by atoms with Crippen LogP contribution >= 0.6 is 0 Å². The first-order valence-corrected chi connectivity index (χ1v) is 19.0. The average Bonchev–Trinajstić information content (AvgIpc) is 3.21. The van der Waals surface area contributed by atoms with Gasteiger partial charge in [-0.25, -0.2) is 18.2 Å². The number of anilines is 2. The summed E-state index contributed by atoms with van der Waals surface area (Å²) in [5.41, 5.74) is 1.17. The van der Waals surface area contributed by atoms with E-state index in [-0.39, 0.29) is 28.0 Å². The van der Waals surface area contributed by atoms with Crippen molar-refractivity contribution < 1.29 is 42.0 Å². The van der Waals surface area contributed by atoms with E-state index < -0.39 is 62.0 Å². The maximum atomic E-state index is 14.1. The Labute approximate surface area is 327 Å². The molecule has 0 aromatic heterocycles. The Morgan fingerprint density at radius 2 is 1.05 bits per heavy atom. The predicted molar refractivity (Wildman–Crippen MR) is 211 cm³/mol. The molecule has 3 amide bonds. The summed E-state index contributed by atoms with van der Waals surface area (Å²) in [6.45, 7) is 0. The second-order valence-corrected chi connectivity index (χ2v) is 14.4. The van der Waals surface area contributed by atoms with Crippen LogP contribution in [0, 0.1) is 0 Å². The van der Waals surface area contributed by atoms with Crippen molar-refractivity contribution in [2.45, 2.75) is 16.7 Å². The number of rotatable bonds is 9. The number of amides is 3. The van der Waals surface area contributed by atoms with Gasteiger partial charge in [0.05, 0.1) is 27.4 Å². The number of carbonyl (C=O) groups is 5. The first-order chi connectivity index (χ1) is 27.5. The third-order valence-corrected chi connectivity index (χ3v) is 10.4. The van der Waals surface area contributed by atoms with Crippen molar-refractivity contribution in [3.05, 3.63) is 204 Å². The molecule has 5 aromatic rings. The molecule has 12 heteroatoms. The fraction of sp³-hybridized carbons (Fsp3) is 0.0444. The Hall–Kier alpha value is -7.28. The fourth-order valence-corrected chi connectivity index (χ4v) is 7.17. The molecule has 0 saturated carbocycles. The summed E-state index contributed by atoms with van der Waals surface area (Å²) in [4.78, 5) is 71.4. The highest BCUT2D eigenvalue weighted by Gasteiger charge is 2.46. The Morgan fingerprint density at radius 1 is 0.596 bits per heavy atom. The lowest BCUT2D eigenvalue weighted by molar-refractivity contribution is -0.134. The smallest absolute Gasteiger partial charge is 0.268 e. The summed E-state index contributed by atoms with van der Waals surface area (Å²) in [6, 6.07) is 37.8. The number of aliphatic hydroxyl groups excluding tert-OH is 1. The van der Waals surface area contributed by atoms with E-state index in [4.69, 9.17) is 0 Å². The second kappa shape index (κ2) is 15.8. The van der Waals surface area contributed by atoms with Crippen LogP contribution in [0.3, 0.4) is 0 Å². The number of aliphatic hydroxyl groups is 1. The van der Waals surface area contributed by atoms with Gasteiger partial charge in [0.2, 0.25) is 17.7 Å². The Balaban J connectivity index is 1.38. The summed E-state index contributed by atoms with van der Waals surface area (Å²) in [5, 5.41) is 11.6. The van der Waals surface area contributed by atoms with Crippen LogP contribution in [0.1, 0.15) is 28.5 Å². The zero-order valence-electron chi connectivity index (χ0n) is 29.8. The molecule has 2 atom stereocenters. The molecule has 2 aliphatic rings. The van der Waals surface area contributed by atoms with E-state index in [2.05, 4.69) is 0 Å². The monoisotopic (exact) mass is 775 g/mol. The number of para-hydroxylation sites is 2. The molecule has 0 spiro atoms. The molecule has 11 nitrogen and oxygen atoms in total. The van der Waals surface area contributed by atoms with E-state index in [1.807, 2.05) is 0 Å². The van der Waals surface area contributed by atoms with E-state index in [9.17, 15) is 42.0 Å². The minimum Gasteiger partial charge on any atom is -0.744 e. The van der Waals surface area contributed by atoms with Crippen molar-refractivity contribution in [3.63, 3.8) is 0 Å². The zero-order valence-corrected chi connectivity index (χ0v) is 30.7. The molecule has 57 heavy (non-hydrogen) atoms. The van der Waals surface area contributed by atoms with E-state index in [1.54, 1.807) is 121 Å². The van der Waals surface area contributed by atoms with Gasteiger partial charge in [-0.3, -0.25) is 24.0 Å². The van der Waals surface area contributed by atoms with Crippen molar-refractivity contribution in [2.75, 3.05) is 9.80 Å². The van der Waals surface area contributed by atoms with Crippen molar-refractivity contribution >= 4 is 56.4 Å². The fourth-order valence-electron chi connectivity index (χ4n) is 6.70. The maximum Gasteiger partial charge on any atom is 0.268 e. The normalized spacial score (nSPS) is 18.9. The molecule has 1 fully saturated rings. The molecule has 2 unspecified atom stereocenters. The van der Waals surface area contributed by atoms with Gasteiger partial charge in [-0.15, -0.1) is 0 Å². The molecule has 2 aliphatic heterocycles. The highest BCUT2D eigenvalue weighted by molar-refractivity contribution is 7.85. The first kappa shape index (κ1) is 38.0. The zero-order chi connectivity index (χ0) is 40.3. The number of hydrogen-bond donors (Lipinski definition) is 1. The highest BCUT2D eigenvalue weighted by Crippen LogP contribution is 2.36. The van der Waals surface area contributed by atoms with Crippen LogP contribution in [0.2, 0.25) is 0 Å². The SMILES string of the molecule is O=C1C(=CC=C(C=CC2=C(O)N(c3ccccc3)C(=O)C(c3ccccc3)C2=O)c2ccc(S(=O)(=O)[O-])cc2)C(=O)N(c2ccccc2)C(=O)C1c1ccccc1. The van der Waals surface area contributed by atoms with Gasteiger partial charge < -0.3 is 9.66 Å². The molecule has 1 N–H and O–H groups in total. The summed E-state index contributed by atoms with van der Waals surface area (Å²) < 4.78 is 35.3. The van der Waals surface area contributed by atoms with Gasteiger partial charge in [-0.05, 0) is 70.8 Å². The summed E-state index contributed by atoms with van der Waals surface area (Å²) in [6.07, 6.45) is 5.25. The summed E-state index contributed by atoms with van der Waals surface area (Å²) in [7, 11) is -4.82. The quantitative estimate of drug-likeness (QED) is 0.0436. The molecule has 1 saturated heterocycles. The minimum absolute atomic E-state index is 0.185. The topological polar surface area (TPSA) is 169 Å². The van der Waals surface area contributed by atoms with Crippen LogP contribution in [-0.4, -0.2) is 47.4 Å². The van der Waals surface area contributed by atoms with Crippen LogP contribution in [-0.2, 0) is 34.1 Å². The highest BCUT2D eigenvalue weighted by atomic mass is 32.2. The predicted octanol–water partition coefficient (Wildman–Crippen LogP) is 6.55. The molecule has 5 aromatic carbocycles. The third-order valence-electron chi connectivity index (χ3n) is 9.51.